The zero-order chi connectivity index (χ0) is 13.3. The topological polar surface area (TPSA) is 108 Å². The number of carbonyl (C=O) groups excluding carboxylic acids is 1. The third-order valence-corrected chi connectivity index (χ3v) is 2.78. The fourth-order valence-corrected chi connectivity index (χ4v) is 2.00. The van der Waals surface area contributed by atoms with E-state index in [2.05, 4.69) is 10.2 Å². The first-order valence-corrected chi connectivity index (χ1v) is 6.33. The Bertz CT molecular complexity index is 659. The van der Waals surface area contributed by atoms with E-state index in [4.69, 9.17) is 4.55 Å². The molecule has 94 valence electrons. The van der Waals surface area contributed by atoms with Crippen molar-refractivity contribution in [2.75, 3.05) is 4.72 Å². The summed E-state index contributed by atoms with van der Waals surface area (Å²) in [6, 6.07) is 5.94. The number of hydrogen-bond donors (Lipinski definition) is 2. The van der Waals surface area contributed by atoms with Crippen LogP contribution in [0.3, 0.4) is 0 Å². The molecular formula is C10H9N3O4S. The number of allylic oxidation sites excluding steroid dienone is 1. The molecule has 0 fully saturated rings. The molecule has 7 nitrogen and oxygen atoms in total. The van der Waals surface area contributed by atoms with Gasteiger partial charge >= 0.3 is 10.3 Å². The van der Waals surface area contributed by atoms with Crippen LogP contribution in [0.15, 0.2) is 40.2 Å². The number of benzene rings is 1. The summed E-state index contributed by atoms with van der Waals surface area (Å²) in [6.45, 7) is 1.66. The van der Waals surface area contributed by atoms with Crippen LogP contribution in [-0.4, -0.2) is 18.9 Å². The molecule has 8 heteroatoms. The Morgan fingerprint density at radius 1 is 1.17 bits per heavy atom. The van der Waals surface area contributed by atoms with Crippen LogP contribution in [0, 0.1) is 0 Å². The maximum absolute atomic E-state index is 11.4. The van der Waals surface area contributed by atoms with Crippen LogP contribution in [0.2, 0.25) is 0 Å². The minimum Gasteiger partial charge on any atom is -0.269 e. The van der Waals surface area contributed by atoms with Crippen molar-refractivity contribution in [2.45, 2.75) is 6.92 Å². The van der Waals surface area contributed by atoms with Crippen LogP contribution in [-0.2, 0) is 15.1 Å². The molecule has 0 bridgehead atoms. The van der Waals surface area contributed by atoms with Crippen molar-refractivity contribution in [1.82, 2.24) is 0 Å². The fraction of sp³-hybridized carbons (Fsp3) is 0.100. The lowest BCUT2D eigenvalue weighted by atomic mass is 10.0. The zero-order valence-corrected chi connectivity index (χ0v) is 10.1. The van der Waals surface area contributed by atoms with Crippen LogP contribution in [0.4, 0.5) is 5.69 Å². The number of amides is 1. The Hall–Kier alpha value is -2.06. The van der Waals surface area contributed by atoms with Crippen LogP contribution in [0.1, 0.15) is 12.5 Å². The van der Waals surface area contributed by atoms with Gasteiger partial charge in [-0.1, -0.05) is 12.1 Å². The second-order valence-corrected chi connectivity index (χ2v) is 4.77. The molecule has 1 aromatic rings. The predicted octanol–water partition coefficient (Wildman–Crippen LogP) is 1.62. The molecule has 0 unspecified atom stereocenters. The summed E-state index contributed by atoms with van der Waals surface area (Å²) in [5, 5.41) is 7.08. The molecule has 0 aliphatic carbocycles. The minimum atomic E-state index is -4.30. The third-order valence-electron chi connectivity index (χ3n) is 2.29. The van der Waals surface area contributed by atoms with E-state index in [1.54, 1.807) is 19.1 Å². The van der Waals surface area contributed by atoms with E-state index >= 15 is 0 Å². The first-order chi connectivity index (χ1) is 8.37. The summed E-state index contributed by atoms with van der Waals surface area (Å²) in [7, 11) is -4.30. The highest BCUT2D eigenvalue weighted by atomic mass is 32.2. The van der Waals surface area contributed by atoms with Gasteiger partial charge in [0.15, 0.2) is 0 Å². The highest BCUT2D eigenvalue weighted by molar-refractivity contribution is 7.87. The standard InChI is InChI=1S/C10H9N3O4S/c1-6-9(10(14)12-11-6)7-2-4-8(5-3-7)13-18(15,16)17/h2-5,13H,1H3,(H,15,16,17). The molecule has 1 aliphatic heterocycles. The zero-order valence-electron chi connectivity index (χ0n) is 9.28. The van der Waals surface area contributed by atoms with E-state index < -0.39 is 16.2 Å². The smallest absolute Gasteiger partial charge is 0.269 e. The van der Waals surface area contributed by atoms with Gasteiger partial charge in [0.2, 0.25) is 0 Å². The van der Waals surface area contributed by atoms with Gasteiger partial charge in [-0.15, -0.1) is 5.11 Å². The number of nitrogens with zero attached hydrogens (tertiary/aromatic N) is 2. The summed E-state index contributed by atoms with van der Waals surface area (Å²) in [4.78, 5) is 11.4. The van der Waals surface area contributed by atoms with E-state index in [0.29, 0.717) is 16.8 Å². The lowest BCUT2D eigenvalue weighted by Gasteiger charge is -2.04. The summed E-state index contributed by atoms with van der Waals surface area (Å²) in [6.07, 6.45) is 0. The van der Waals surface area contributed by atoms with Gasteiger partial charge in [0.1, 0.15) is 0 Å². The maximum Gasteiger partial charge on any atom is 0.357 e. The van der Waals surface area contributed by atoms with Crippen molar-refractivity contribution in [3.8, 4) is 0 Å². The molecule has 1 amide bonds. The average molecular weight is 267 g/mol. The molecule has 1 aromatic carbocycles. The van der Waals surface area contributed by atoms with Crippen molar-refractivity contribution in [3.05, 3.63) is 35.5 Å². The fourth-order valence-electron chi connectivity index (χ4n) is 1.56. The second kappa shape index (κ2) is 4.31. The van der Waals surface area contributed by atoms with Crippen LogP contribution in [0.5, 0.6) is 0 Å². The summed E-state index contributed by atoms with van der Waals surface area (Å²) >= 11 is 0. The summed E-state index contributed by atoms with van der Waals surface area (Å²) in [5.74, 6) is -0.428. The molecule has 1 aliphatic rings. The number of azo groups is 1. The summed E-state index contributed by atoms with van der Waals surface area (Å²) in [5.41, 5.74) is 1.67. The number of hydrogen-bond acceptors (Lipinski definition) is 4. The van der Waals surface area contributed by atoms with E-state index in [-0.39, 0.29) is 5.69 Å². The first kappa shape index (κ1) is 12.4. The molecular weight excluding hydrogens is 258 g/mol. The largest absolute Gasteiger partial charge is 0.357 e. The van der Waals surface area contributed by atoms with Gasteiger partial charge in [-0.3, -0.25) is 14.1 Å². The molecule has 1 heterocycles. The number of carbonyl (C=O) groups is 1. The predicted molar refractivity (Wildman–Crippen MR) is 64.1 cm³/mol. The van der Waals surface area contributed by atoms with Crippen LogP contribution in [0.25, 0.3) is 5.57 Å². The Labute approximate surface area is 103 Å². The van der Waals surface area contributed by atoms with Gasteiger partial charge in [-0.25, -0.2) is 0 Å². The van der Waals surface area contributed by atoms with E-state index in [1.165, 1.54) is 12.1 Å². The average Bonchev–Trinajstić information content (AvgIpc) is 2.58. The van der Waals surface area contributed by atoms with Gasteiger partial charge < -0.3 is 0 Å². The lowest BCUT2D eigenvalue weighted by molar-refractivity contribution is -0.112. The Kier molecular flexibility index (Phi) is 2.97. The number of nitrogens with one attached hydrogen (secondary N) is 1. The SMILES string of the molecule is CC1=C(c2ccc(NS(=O)(=O)O)cc2)C(=O)N=N1. The Morgan fingerprint density at radius 2 is 1.78 bits per heavy atom. The van der Waals surface area contributed by atoms with Crippen molar-refractivity contribution in [2.24, 2.45) is 10.2 Å². The van der Waals surface area contributed by atoms with E-state index in [0.717, 1.165) is 0 Å². The molecule has 0 radical (unpaired) electrons. The van der Waals surface area contributed by atoms with E-state index in [1.807, 2.05) is 4.72 Å². The molecule has 0 spiro atoms. The Balaban J connectivity index is 2.29. The van der Waals surface area contributed by atoms with Crippen molar-refractivity contribution in [1.29, 1.82) is 0 Å². The monoisotopic (exact) mass is 267 g/mol. The van der Waals surface area contributed by atoms with E-state index in [9.17, 15) is 13.2 Å². The normalized spacial score (nSPS) is 15.3. The molecule has 0 atom stereocenters. The quantitative estimate of drug-likeness (QED) is 0.811. The highest BCUT2D eigenvalue weighted by Gasteiger charge is 2.20. The molecule has 2 rings (SSSR count). The van der Waals surface area contributed by atoms with Crippen molar-refractivity contribution >= 4 is 27.5 Å². The van der Waals surface area contributed by atoms with Crippen molar-refractivity contribution < 1.29 is 17.8 Å². The van der Waals surface area contributed by atoms with Crippen LogP contribution < -0.4 is 4.72 Å². The molecule has 2 N–H and O–H groups in total. The minimum absolute atomic E-state index is 0.193. The molecule has 18 heavy (non-hydrogen) atoms. The maximum atomic E-state index is 11.4. The second-order valence-electron chi connectivity index (χ2n) is 3.62. The number of anilines is 1. The number of rotatable bonds is 3. The molecule has 0 aromatic heterocycles. The van der Waals surface area contributed by atoms with Gasteiger partial charge in [0.25, 0.3) is 5.91 Å². The van der Waals surface area contributed by atoms with Gasteiger partial charge in [0, 0.05) is 0 Å². The third kappa shape index (κ3) is 2.60. The van der Waals surface area contributed by atoms with Gasteiger partial charge in [0.05, 0.1) is 17.0 Å². The van der Waals surface area contributed by atoms with Gasteiger partial charge in [-0.2, -0.15) is 13.5 Å². The Morgan fingerprint density at radius 3 is 2.22 bits per heavy atom. The molecule has 0 saturated heterocycles. The van der Waals surface area contributed by atoms with Gasteiger partial charge in [-0.05, 0) is 24.6 Å². The van der Waals surface area contributed by atoms with Crippen LogP contribution >= 0.6 is 0 Å². The lowest BCUT2D eigenvalue weighted by Crippen LogP contribution is -2.10. The highest BCUT2D eigenvalue weighted by Crippen LogP contribution is 2.27. The summed E-state index contributed by atoms with van der Waals surface area (Å²) < 4.78 is 31.7. The first-order valence-electron chi connectivity index (χ1n) is 4.89. The molecule has 0 saturated carbocycles. The van der Waals surface area contributed by atoms with Crippen molar-refractivity contribution in [3.63, 3.8) is 0 Å².